The maximum atomic E-state index is 11.1. The Morgan fingerprint density at radius 2 is 1.91 bits per heavy atom. The van der Waals surface area contributed by atoms with Crippen molar-refractivity contribution in [3.05, 3.63) is 12.2 Å². The number of carbonyl (C=O) groups excluding carboxylic acids is 1. The number of fused-ring (bicyclic) bond motifs is 1. The minimum atomic E-state index is 0.473. The van der Waals surface area contributed by atoms with Crippen LogP contribution in [0.15, 0.2) is 12.2 Å². The molecule has 60 valence electrons. The quantitative estimate of drug-likeness (QED) is 0.484. The van der Waals surface area contributed by atoms with Crippen LogP contribution in [0.4, 0.5) is 0 Å². The second-order valence-corrected chi connectivity index (χ2v) is 3.96. The first kappa shape index (κ1) is 7.08. The molecule has 0 amide bonds. The normalized spacial score (nSPS) is 37.5. The molecule has 1 nitrogen and oxygen atoms in total. The summed E-state index contributed by atoms with van der Waals surface area (Å²) in [6.45, 7) is 3.99. The van der Waals surface area contributed by atoms with Gasteiger partial charge in [-0.05, 0) is 31.1 Å². The van der Waals surface area contributed by atoms with Gasteiger partial charge < -0.3 is 0 Å². The number of ketones is 1. The van der Waals surface area contributed by atoms with Crippen LogP contribution in [-0.4, -0.2) is 5.78 Å². The zero-order valence-corrected chi connectivity index (χ0v) is 6.81. The van der Waals surface area contributed by atoms with Gasteiger partial charge in [-0.2, -0.15) is 0 Å². The number of carbonyl (C=O) groups is 1. The van der Waals surface area contributed by atoms with Crippen LogP contribution < -0.4 is 0 Å². The van der Waals surface area contributed by atoms with E-state index in [1.165, 1.54) is 12.0 Å². The summed E-state index contributed by atoms with van der Waals surface area (Å²) >= 11 is 0. The molecule has 2 saturated carbocycles. The summed E-state index contributed by atoms with van der Waals surface area (Å²) in [6.07, 6.45) is 5.11. The van der Waals surface area contributed by atoms with Gasteiger partial charge in [0, 0.05) is 12.8 Å². The van der Waals surface area contributed by atoms with Crippen LogP contribution in [0, 0.1) is 11.8 Å². The molecule has 0 N–H and O–H groups in total. The van der Waals surface area contributed by atoms with E-state index in [9.17, 15) is 4.79 Å². The van der Waals surface area contributed by atoms with Crippen molar-refractivity contribution in [3.8, 4) is 0 Å². The van der Waals surface area contributed by atoms with Crippen molar-refractivity contribution in [1.29, 1.82) is 0 Å². The minimum absolute atomic E-state index is 0.473. The third-order valence-corrected chi connectivity index (χ3v) is 3.05. The van der Waals surface area contributed by atoms with Crippen LogP contribution in [-0.2, 0) is 4.79 Å². The lowest BCUT2D eigenvalue weighted by Crippen LogP contribution is -2.19. The molecular weight excluding hydrogens is 136 g/mol. The summed E-state index contributed by atoms with van der Waals surface area (Å²) in [5, 5.41) is 0. The number of Topliss-reactive ketones (excluding diaryl/α,β-unsaturated/α-hetero) is 1. The summed E-state index contributed by atoms with van der Waals surface area (Å²) in [6, 6.07) is 0. The molecule has 1 heteroatoms. The van der Waals surface area contributed by atoms with E-state index in [1.807, 2.05) is 0 Å². The Hall–Kier alpha value is -0.590. The van der Waals surface area contributed by atoms with Crippen molar-refractivity contribution in [3.63, 3.8) is 0 Å². The molecule has 11 heavy (non-hydrogen) atoms. The average Bonchev–Trinajstić information content (AvgIpc) is 2.27. The molecular formula is C10H14O. The van der Waals surface area contributed by atoms with Crippen molar-refractivity contribution in [2.24, 2.45) is 11.8 Å². The molecule has 0 aromatic heterocycles. The highest BCUT2D eigenvalue weighted by Gasteiger charge is 2.34. The molecule has 2 rings (SSSR count). The lowest BCUT2D eigenvalue weighted by molar-refractivity contribution is -0.122. The second kappa shape index (κ2) is 2.47. The van der Waals surface area contributed by atoms with Crippen molar-refractivity contribution in [2.75, 3.05) is 0 Å². The van der Waals surface area contributed by atoms with E-state index in [1.54, 1.807) is 0 Å². The molecule has 0 heterocycles. The van der Waals surface area contributed by atoms with E-state index in [2.05, 4.69) is 6.58 Å². The average molecular weight is 150 g/mol. The van der Waals surface area contributed by atoms with Crippen LogP contribution in [0.1, 0.15) is 32.1 Å². The topological polar surface area (TPSA) is 17.1 Å². The third kappa shape index (κ3) is 1.24. The summed E-state index contributed by atoms with van der Waals surface area (Å²) in [5.74, 6) is 1.95. The Morgan fingerprint density at radius 3 is 2.73 bits per heavy atom. The van der Waals surface area contributed by atoms with Crippen LogP contribution in [0.2, 0.25) is 0 Å². The Kier molecular flexibility index (Phi) is 1.59. The van der Waals surface area contributed by atoms with Crippen LogP contribution in [0.3, 0.4) is 0 Å². The summed E-state index contributed by atoms with van der Waals surface area (Å²) in [4.78, 5) is 11.1. The molecule has 2 fully saturated rings. The van der Waals surface area contributed by atoms with Gasteiger partial charge in [0.25, 0.3) is 0 Å². The first-order valence-corrected chi connectivity index (χ1v) is 4.44. The van der Waals surface area contributed by atoms with Gasteiger partial charge in [0.05, 0.1) is 0 Å². The highest BCUT2D eigenvalue weighted by molar-refractivity contribution is 5.79. The molecule has 0 aromatic carbocycles. The standard InChI is InChI=1S/C10H14O/c1-7-4-8-2-3-10(11)6-9(8)5-7/h8-9H,1-6H2/t8-,9?/m0/s1. The molecule has 0 aromatic rings. The molecule has 0 bridgehead atoms. The Bertz CT molecular complexity index is 203. The predicted octanol–water partition coefficient (Wildman–Crippen LogP) is 2.32. The zero-order valence-electron chi connectivity index (χ0n) is 6.81. The number of rotatable bonds is 0. The van der Waals surface area contributed by atoms with E-state index in [0.717, 1.165) is 31.6 Å². The van der Waals surface area contributed by atoms with Crippen molar-refractivity contribution in [2.45, 2.75) is 32.1 Å². The van der Waals surface area contributed by atoms with Gasteiger partial charge in [-0.25, -0.2) is 0 Å². The molecule has 2 atom stereocenters. The van der Waals surface area contributed by atoms with E-state index in [0.29, 0.717) is 11.7 Å². The van der Waals surface area contributed by atoms with E-state index in [4.69, 9.17) is 0 Å². The Labute approximate surface area is 67.5 Å². The fraction of sp³-hybridized carbons (Fsp3) is 0.700. The smallest absolute Gasteiger partial charge is 0.133 e. The zero-order chi connectivity index (χ0) is 7.84. The third-order valence-electron chi connectivity index (χ3n) is 3.05. The maximum Gasteiger partial charge on any atom is 0.133 e. The van der Waals surface area contributed by atoms with Crippen molar-refractivity contribution >= 4 is 5.78 Å². The van der Waals surface area contributed by atoms with Crippen LogP contribution >= 0.6 is 0 Å². The molecule has 2 aliphatic carbocycles. The minimum Gasteiger partial charge on any atom is -0.300 e. The SMILES string of the molecule is C=C1CC2CC(=O)CC[C@H]2C1. The largest absolute Gasteiger partial charge is 0.300 e. The first-order chi connectivity index (χ1) is 5.25. The maximum absolute atomic E-state index is 11.1. The van der Waals surface area contributed by atoms with Gasteiger partial charge in [-0.15, -0.1) is 0 Å². The van der Waals surface area contributed by atoms with Crippen LogP contribution in [0.25, 0.3) is 0 Å². The molecule has 0 aliphatic heterocycles. The Morgan fingerprint density at radius 1 is 1.18 bits per heavy atom. The molecule has 1 unspecified atom stereocenters. The van der Waals surface area contributed by atoms with Gasteiger partial charge in [0.15, 0.2) is 0 Å². The number of allylic oxidation sites excluding steroid dienone is 1. The number of hydrogen-bond acceptors (Lipinski definition) is 1. The monoisotopic (exact) mass is 150 g/mol. The highest BCUT2D eigenvalue weighted by atomic mass is 16.1. The first-order valence-electron chi connectivity index (χ1n) is 4.44. The summed E-state index contributed by atoms with van der Waals surface area (Å²) < 4.78 is 0. The van der Waals surface area contributed by atoms with E-state index in [-0.39, 0.29) is 0 Å². The van der Waals surface area contributed by atoms with Crippen molar-refractivity contribution in [1.82, 2.24) is 0 Å². The van der Waals surface area contributed by atoms with Crippen molar-refractivity contribution < 1.29 is 4.79 Å². The van der Waals surface area contributed by atoms with Gasteiger partial charge in [0.1, 0.15) is 5.78 Å². The van der Waals surface area contributed by atoms with Gasteiger partial charge in [-0.1, -0.05) is 12.2 Å². The lowest BCUT2D eigenvalue weighted by atomic mass is 9.81. The fourth-order valence-corrected chi connectivity index (χ4v) is 2.48. The second-order valence-electron chi connectivity index (χ2n) is 3.96. The summed E-state index contributed by atoms with van der Waals surface area (Å²) in [5.41, 5.74) is 1.37. The van der Waals surface area contributed by atoms with E-state index >= 15 is 0 Å². The fourth-order valence-electron chi connectivity index (χ4n) is 2.48. The predicted molar refractivity (Wildman–Crippen MR) is 44.2 cm³/mol. The lowest BCUT2D eigenvalue weighted by Gasteiger charge is -2.22. The van der Waals surface area contributed by atoms with Crippen LogP contribution in [0.5, 0.6) is 0 Å². The number of hydrogen-bond donors (Lipinski definition) is 0. The Balaban J connectivity index is 2.08. The van der Waals surface area contributed by atoms with E-state index < -0.39 is 0 Å². The molecule has 0 radical (unpaired) electrons. The summed E-state index contributed by atoms with van der Waals surface area (Å²) in [7, 11) is 0. The molecule has 2 aliphatic rings. The molecule has 0 spiro atoms. The highest BCUT2D eigenvalue weighted by Crippen LogP contribution is 2.42. The van der Waals surface area contributed by atoms with Gasteiger partial charge >= 0.3 is 0 Å². The molecule has 0 saturated heterocycles. The van der Waals surface area contributed by atoms with Gasteiger partial charge in [0.2, 0.25) is 0 Å². The van der Waals surface area contributed by atoms with Gasteiger partial charge in [-0.3, -0.25) is 4.79 Å².